The van der Waals surface area contributed by atoms with E-state index in [0.29, 0.717) is 25.0 Å². The molecule has 4 rings (SSSR count). The Labute approximate surface area is 122 Å². The molecular formula is C15H17ClN2O2. The second-order valence-corrected chi connectivity index (χ2v) is 6.11. The Morgan fingerprint density at radius 2 is 2.20 bits per heavy atom. The number of imidazole rings is 1. The summed E-state index contributed by atoms with van der Waals surface area (Å²) < 4.78 is 7.21. The summed E-state index contributed by atoms with van der Waals surface area (Å²) in [5.74, 6) is 1.22. The monoisotopic (exact) mass is 292 g/mol. The molecule has 0 amide bonds. The maximum absolute atomic E-state index is 10.6. The Morgan fingerprint density at radius 1 is 1.40 bits per heavy atom. The molecule has 0 aromatic carbocycles. The third-order valence-electron chi connectivity index (χ3n) is 4.27. The number of aromatic nitrogens is 2. The number of aliphatic hydroxyl groups excluding tert-OH is 1. The summed E-state index contributed by atoms with van der Waals surface area (Å²) in [5, 5.41) is 10.6. The maximum Gasteiger partial charge on any atom is 0.142 e. The Kier molecular flexibility index (Phi) is 2.98. The first-order chi connectivity index (χ1) is 9.76. The van der Waals surface area contributed by atoms with Crippen LogP contribution >= 0.6 is 11.6 Å². The van der Waals surface area contributed by atoms with Gasteiger partial charge in [0.2, 0.25) is 0 Å². The largest absolute Gasteiger partial charge is 0.388 e. The number of alkyl halides is 1. The summed E-state index contributed by atoms with van der Waals surface area (Å²) >= 11 is 5.89. The lowest BCUT2D eigenvalue weighted by Crippen LogP contribution is -2.33. The van der Waals surface area contributed by atoms with Gasteiger partial charge < -0.3 is 14.2 Å². The lowest BCUT2D eigenvalue weighted by atomic mass is 9.93. The number of pyridine rings is 1. The van der Waals surface area contributed by atoms with Crippen LogP contribution in [-0.4, -0.2) is 27.7 Å². The molecule has 3 heterocycles. The average molecular weight is 293 g/mol. The van der Waals surface area contributed by atoms with Gasteiger partial charge in [-0.1, -0.05) is 0 Å². The standard InChI is InChI=1S/C15H17ClN2O2/c16-4-12-6-18-5-10(9-1-2-9)3-13(15(18)17-12)14(19)11-7-20-8-11/h3,5-6,9,11,14,19H,1-2,4,7-8H2. The third kappa shape index (κ3) is 2.03. The molecule has 5 heteroatoms. The van der Waals surface area contributed by atoms with Crippen molar-refractivity contribution in [2.45, 2.75) is 30.7 Å². The van der Waals surface area contributed by atoms with Crippen molar-refractivity contribution in [1.29, 1.82) is 0 Å². The smallest absolute Gasteiger partial charge is 0.142 e. The third-order valence-corrected chi connectivity index (χ3v) is 4.54. The summed E-state index contributed by atoms with van der Waals surface area (Å²) in [7, 11) is 0. The van der Waals surface area contributed by atoms with Crippen LogP contribution in [-0.2, 0) is 10.6 Å². The van der Waals surface area contributed by atoms with E-state index in [-0.39, 0.29) is 5.92 Å². The first-order valence-electron chi connectivity index (χ1n) is 7.09. The molecule has 1 saturated heterocycles. The number of aliphatic hydroxyl groups is 1. The van der Waals surface area contributed by atoms with Gasteiger partial charge in [0, 0.05) is 23.9 Å². The molecule has 1 unspecified atom stereocenters. The second-order valence-electron chi connectivity index (χ2n) is 5.84. The minimum atomic E-state index is -0.504. The molecule has 20 heavy (non-hydrogen) atoms. The Bertz CT molecular complexity index is 647. The first kappa shape index (κ1) is 12.6. The van der Waals surface area contributed by atoms with Gasteiger partial charge in [0.1, 0.15) is 5.65 Å². The predicted octanol–water partition coefficient (Wildman–Crippen LogP) is 2.63. The molecule has 1 aliphatic heterocycles. The zero-order valence-electron chi connectivity index (χ0n) is 11.1. The van der Waals surface area contributed by atoms with Crippen molar-refractivity contribution in [2.75, 3.05) is 13.2 Å². The SMILES string of the molecule is OC(c1cc(C2CC2)cn2cc(CCl)nc12)C1COC1. The van der Waals surface area contributed by atoms with E-state index in [1.54, 1.807) is 0 Å². The fourth-order valence-electron chi connectivity index (χ4n) is 2.81. The van der Waals surface area contributed by atoms with Crippen LogP contribution in [0.2, 0.25) is 0 Å². The molecular weight excluding hydrogens is 276 g/mol. The van der Waals surface area contributed by atoms with Gasteiger partial charge in [-0.15, -0.1) is 11.6 Å². The van der Waals surface area contributed by atoms with Crippen molar-refractivity contribution in [2.24, 2.45) is 5.92 Å². The minimum absolute atomic E-state index is 0.185. The fourth-order valence-corrected chi connectivity index (χ4v) is 2.94. The highest BCUT2D eigenvalue weighted by Crippen LogP contribution is 2.42. The number of nitrogens with zero attached hydrogens (tertiary/aromatic N) is 2. The zero-order valence-corrected chi connectivity index (χ0v) is 11.9. The lowest BCUT2D eigenvalue weighted by molar-refractivity contribution is -0.0921. The molecule has 2 aliphatic rings. The normalized spacial score (nSPS) is 21.1. The van der Waals surface area contributed by atoms with Gasteiger partial charge in [0.25, 0.3) is 0 Å². The van der Waals surface area contributed by atoms with E-state index in [9.17, 15) is 5.11 Å². The van der Waals surface area contributed by atoms with Crippen molar-refractivity contribution in [3.63, 3.8) is 0 Å². The van der Waals surface area contributed by atoms with E-state index in [0.717, 1.165) is 16.9 Å². The van der Waals surface area contributed by atoms with Gasteiger partial charge in [-0.05, 0) is 30.4 Å². The van der Waals surface area contributed by atoms with E-state index in [2.05, 4.69) is 17.2 Å². The van der Waals surface area contributed by atoms with Gasteiger partial charge in [-0.2, -0.15) is 0 Å². The summed E-state index contributed by atoms with van der Waals surface area (Å²) in [6.45, 7) is 1.26. The average Bonchev–Trinajstić information content (AvgIpc) is 3.14. The number of halogens is 1. The van der Waals surface area contributed by atoms with Gasteiger partial charge in [-0.3, -0.25) is 0 Å². The quantitative estimate of drug-likeness (QED) is 0.881. The van der Waals surface area contributed by atoms with E-state index in [4.69, 9.17) is 16.3 Å². The molecule has 2 aromatic rings. The van der Waals surface area contributed by atoms with Gasteiger partial charge >= 0.3 is 0 Å². The number of rotatable bonds is 4. The number of hydrogen-bond donors (Lipinski definition) is 1. The van der Waals surface area contributed by atoms with Crippen LogP contribution < -0.4 is 0 Å². The van der Waals surface area contributed by atoms with Crippen LogP contribution in [0.3, 0.4) is 0 Å². The van der Waals surface area contributed by atoms with Crippen molar-refractivity contribution in [3.05, 3.63) is 35.3 Å². The van der Waals surface area contributed by atoms with E-state index in [1.807, 2.05) is 10.6 Å². The Balaban J connectivity index is 1.83. The van der Waals surface area contributed by atoms with E-state index < -0.39 is 6.10 Å². The molecule has 0 bridgehead atoms. The summed E-state index contributed by atoms with van der Waals surface area (Å²) in [4.78, 5) is 4.54. The number of ether oxygens (including phenoxy) is 1. The van der Waals surface area contributed by atoms with Crippen LogP contribution in [0, 0.1) is 5.92 Å². The van der Waals surface area contributed by atoms with E-state index >= 15 is 0 Å². The van der Waals surface area contributed by atoms with Gasteiger partial charge in [0.05, 0.1) is 30.9 Å². The summed E-state index contributed by atoms with van der Waals surface area (Å²) in [6.07, 6.45) is 6.07. The Hall–Kier alpha value is -1.10. The predicted molar refractivity (Wildman–Crippen MR) is 76.0 cm³/mol. The topological polar surface area (TPSA) is 46.8 Å². The fraction of sp³-hybridized carbons (Fsp3) is 0.533. The van der Waals surface area contributed by atoms with Crippen molar-refractivity contribution in [1.82, 2.24) is 9.38 Å². The number of fused-ring (bicyclic) bond motifs is 1. The molecule has 2 fully saturated rings. The second kappa shape index (κ2) is 4.72. The van der Waals surface area contributed by atoms with Gasteiger partial charge in [-0.25, -0.2) is 4.98 Å². The van der Waals surface area contributed by atoms with Crippen LogP contribution in [0.5, 0.6) is 0 Å². The van der Waals surface area contributed by atoms with Crippen molar-refractivity contribution >= 4 is 17.2 Å². The molecule has 0 spiro atoms. The van der Waals surface area contributed by atoms with Crippen LogP contribution in [0.15, 0.2) is 18.5 Å². The molecule has 1 saturated carbocycles. The highest BCUT2D eigenvalue weighted by atomic mass is 35.5. The number of hydrogen-bond acceptors (Lipinski definition) is 3. The summed E-state index contributed by atoms with van der Waals surface area (Å²) in [6, 6.07) is 2.13. The lowest BCUT2D eigenvalue weighted by Gasteiger charge is -2.30. The van der Waals surface area contributed by atoms with Crippen LogP contribution in [0.1, 0.15) is 41.7 Å². The molecule has 4 nitrogen and oxygen atoms in total. The minimum Gasteiger partial charge on any atom is -0.388 e. The van der Waals surface area contributed by atoms with Crippen molar-refractivity contribution in [3.8, 4) is 0 Å². The summed E-state index contributed by atoms with van der Waals surface area (Å²) in [5.41, 5.74) is 3.88. The Morgan fingerprint density at radius 3 is 2.80 bits per heavy atom. The first-order valence-corrected chi connectivity index (χ1v) is 7.63. The van der Waals surface area contributed by atoms with Crippen LogP contribution in [0.25, 0.3) is 5.65 Å². The van der Waals surface area contributed by atoms with Gasteiger partial charge in [0.15, 0.2) is 0 Å². The van der Waals surface area contributed by atoms with E-state index in [1.165, 1.54) is 18.4 Å². The van der Waals surface area contributed by atoms with Crippen molar-refractivity contribution < 1.29 is 9.84 Å². The molecule has 0 radical (unpaired) electrons. The molecule has 1 aliphatic carbocycles. The molecule has 106 valence electrons. The highest BCUT2D eigenvalue weighted by Gasteiger charge is 2.32. The maximum atomic E-state index is 10.6. The zero-order chi connectivity index (χ0) is 13.7. The molecule has 2 aromatic heterocycles. The molecule has 1 atom stereocenters. The molecule has 1 N–H and O–H groups in total. The van der Waals surface area contributed by atoms with Crippen LogP contribution in [0.4, 0.5) is 0 Å². The highest BCUT2D eigenvalue weighted by molar-refractivity contribution is 6.16.